The summed E-state index contributed by atoms with van der Waals surface area (Å²) in [6, 6.07) is 9.47. The number of aliphatic carboxylic acids is 1. The van der Waals surface area contributed by atoms with Crippen LogP contribution in [0.15, 0.2) is 54.9 Å². The minimum atomic E-state index is -1.16. The largest absolute Gasteiger partial charge is 0.493 e. The van der Waals surface area contributed by atoms with E-state index in [1.54, 1.807) is 24.3 Å². The number of carboxylic acid groups (broad SMARTS) is 1. The number of methoxy groups -OCH3 is 2. The van der Waals surface area contributed by atoms with Gasteiger partial charge in [0.05, 0.1) is 24.7 Å². The van der Waals surface area contributed by atoms with Gasteiger partial charge in [-0.3, -0.25) is 4.98 Å². The van der Waals surface area contributed by atoms with Crippen molar-refractivity contribution in [3.8, 4) is 23.0 Å². The molecule has 0 aliphatic heterocycles. The van der Waals surface area contributed by atoms with Crippen molar-refractivity contribution in [1.82, 2.24) is 4.98 Å². The highest BCUT2D eigenvalue weighted by Gasteiger charge is 2.21. The molecule has 0 aliphatic rings. The zero-order valence-corrected chi connectivity index (χ0v) is 18.3. The molecule has 9 heteroatoms. The number of carboxylic acids is 1. The number of rotatable bonds is 7. The molecule has 2 heterocycles. The van der Waals surface area contributed by atoms with E-state index in [9.17, 15) is 18.7 Å². The number of fused-ring (bicyclic) bond motifs is 1. The lowest BCUT2D eigenvalue weighted by atomic mass is 10.1. The Balaban J connectivity index is 1.95. The van der Waals surface area contributed by atoms with Gasteiger partial charge in [0.15, 0.2) is 28.8 Å². The molecular weight excluding hydrogens is 452 g/mol. The van der Waals surface area contributed by atoms with Gasteiger partial charge in [-0.1, -0.05) is 0 Å². The number of carbonyl (C=O) groups is 1. The van der Waals surface area contributed by atoms with Crippen molar-refractivity contribution in [2.75, 3.05) is 14.2 Å². The molecule has 0 atom stereocenters. The van der Waals surface area contributed by atoms with Gasteiger partial charge in [-0.25, -0.2) is 13.6 Å². The summed E-state index contributed by atoms with van der Waals surface area (Å²) < 4.78 is 45.0. The van der Waals surface area contributed by atoms with Crippen LogP contribution in [0.2, 0.25) is 0 Å². The quantitative estimate of drug-likeness (QED) is 0.334. The van der Waals surface area contributed by atoms with E-state index in [-0.39, 0.29) is 17.1 Å². The molecule has 0 unspecified atom stereocenters. The number of aromatic nitrogens is 1. The summed E-state index contributed by atoms with van der Waals surface area (Å²) in [4.78, 5) is 16.3. The summed E-state index contributed by atoms with van der Waals surface area (Å²) in [6.45, 7) is 0. The fourth-order valence-corrected chi connectivity index (χ4v) is 4.30. The highest BCUT2D eigenvalue weighted by molar-refractivity contribution is 7.20. The lowest BCUT2D eigenvalue weighted by Gasteiger charge is -2.10. The molecule has 1 N–H and O–H groups in total. The molecule has 0 spiro atoms. The normalized spacial score (nSPS) is 11.5. The van der Waals surface area contributed by atoms with E-state index in [2.05, 4.69) is 4.98 Å². The van der Waals surface area contributed by atoms with E-state index in [0.717, 1.165) is 6.07 Å². The monoisotopic (exact) mass is 469 g/mol. The summed E-state index contributed by atoms with van der Waals surface area (Å²) in [7, 11) is 2.97. The van der Waals surface area contributed by atoms with Crippen molar-refractivity contribution in [3.05, 3.63) is 76.9 Å². The molecule has 33 heavy (non-hydrogen) atoms. The molecule has 6 nitrogen and oxygen atoms in total. The Labute approximate surface area is 191 Å². The van der Waals surface area contributed by atoms with Gasteiger partial charge < -0.3 is 19.3 Å². The Morgan fingerprint density at radius 1 is 1.00 bits per heavy atom. The Hall–Kier alpha value is -3.98. The van der Waals surface area contributed by atoms with Crippen molar-refractivity contribution < 1.29 is 32.9 Å². The van der Waals surface area contributed by atoms with Crippen LogP contribution in [0.5, 0.6) is 23.0 Å². The molecule has 0 saturated carbocycles. The minimum absolute atomic E-state index is 0.00712. The van der Waals surface area contributed by atoms with Crippen molar-refractivity contribution in [2.24, 2.45) is 0 Å². The van der Waals surface area contributed by atoms with E-state index in [1.807, 2.05) is 0 Å². The van der Waals surface area contributed by atoms with Crippen LogP contribution < -0.4 is 14.2 Å². The van der Waals surface area contributed by atoms with Crippen LogP contribution in [0.1, 0.15) is 10.4 Å². The van der Waals surface area contributed by atoms with Crippen molar-refractivity contribution in [3.63, 3.8) is 0 Å². The number of ether oxygens (including phenoxy) is 3. The predicted molar refractivity (Wildman–Crippen MR) is 121 cm³/mol. The average molecular weight is 469 g/mol. The number of hydrogen-bond acceptors (Lipinski definition) is 6. The first-order valence-electron chi connectivity index (χ1n) is 9.58. The predicted octanol–water partition coefficient (Wildman–Crippen LogP) is 6.01. The standard InChI is InChI=1S/C24H17F2NO5S/c1-30-19-10-16-21(12-20(19)31-2)33-22(11-15(24(28)29)13-5-7-27-8-6-13)23(16)32-18-4-3-14(25)9-17(18)26/h3-12H,1-2H3,(H,28,29)/b15-11+. The van der Waals surface area contributed by atoms with Crippen molar-refractivity contribution in [2.45, 2.75) is 0 Å². The molecule has 0 amide bonds. The number of thiophene rings is 1. The maximum absolute atomic E-state index is 14.4. The van der Waals surface area contributed by atoms with Crippen molar-refractivity contribution >= 4 is 39.0 Å². The highest BCUT2D eigenvalue weighted by Crippen LogP contribution is 2.46. The van der Waals surface area contributed by atoms with Crippen LogP contribution in [0.25, 0.3) is 21.7 Å². The maximum Gasteiger partial charge on any atom is 0.336 e. The first-order valence-corrected chi connectivity index (χ1v) is 10.4. The van der Waals surface area contributed by atoms with E-state index in [4.69, 9.17) is 14.2 Å². The summed E-state index contributed by atoms with van der Waals surface area (Å²) >= 11 is 1.23. The molecule has 2 aromatic carbocycles. The van der Waals surface area contributed by atoms with Gasteiger partial charge in [0.1, 0.15) is 5.82 Å². The molecule has 2 aromatic heterocycles. The topological polar surface area (TPSA) is 77.9 Å². The molecule has 4 rings (SSSR count). The first-order chi connectivity index (χ1) is 15.9. The highest BCUT2D eigenvalue weighted by atomic mass is 32.1. The first kappa shape index (κ1) is 22.2. The minimum Gasteiger partial charge on any atom is -0.493 e. The third-order valence-corrected chi connectivity index (χ3v) is 5.86. The zero-order valence-electron chi connectivity index (χ0n) is 17.5. The van der Waals surface area contributed by atoms with Crippen LogP contribution in [-0.4, -0.2) is 30.3 Å². The zero-order chi connectivity index (χ0) is 23.5. The molecule has 168 valence electrons. The van der Waals surface area contributed by atoms with E-state index < -0.39 is 17.6 Å². The van der Waals surface area contributed by atoms with Gasteiger partial charge in [0.25, 0.3) is 0 Å². The molecule has 0 fully saturated rings. The third-order valence-electron chi connectivity index (χ3n) is 4.78. The van der Waals surface area contributed by atoms with Gasteiger partial charge in [0, 0.05) is 34.6 Å². The number of benzene rings is 2. The lowest BCUT2D eigenvalue weighted by Crippen LogP contribution is -1.99. The van der Waals surface area contributed by atoms with Crippen LogP contribution >= 0.6 is 11.3 Å². The molecular formula is C24H17F2NO5S. The summed E-state index contributed by atoms with van der Waals surface area (Å²) in [5, 5.41) is 10.4. The summed E-state index contributed by atoms with van der Waals surface area (Å²) in [5.74, 6) is -1.92. The van der Waals surface area contributed by atoms with Gasteiger partial charge in [-0.05, 0) is 42.0 Å². The third kappa shape index (κ3) is 4.49. The second kappa shape index (κ2) is 9.25. The fraction of sp³-hybridized carbons (Fsp3) is 0.0833. The maximum atomic E-state index is 14.4. The van der Waals surface area contributed by atoms with Gasteiger partial charge >= 0.3 is 5.97 Å². The second-order valence-electron chi connectivity index (χ2n) is 6.77. The molecule has 0 aliphatic carbocycles. The smallest absolute Gasteiger partial charge is 0.336 e. The molecule has 0 saturated heterocycles. The Morgan fingerprint density at radius 2 is 1.70 bits per heavy atom. The lowest BCUT2D eigenvalue weighted by molar-refractivity contribution is -0.130. The van der Waals surface area contributed by atoms with Gasteiger partial charge in [-0.2, -0.15) is 0 Å². The number of nitrogens with zero attached hydrogens (tertiary/aromatic N) is 1. The molecule has 4 aromatic rings. The molecule has 0 radical (unpaired) electrons. The summed E-state index contributed by atoms with van der Waals surface area (Å²) in [5.41, 5.74) is 0.427. The van der Waals surface area contributed by atoms with Gasteiger partial charge in [-0.15, -0.1) is 11.3 Å². The SMILES string of the molecule is COc1cc2sc(/C=C(/C(=O)O)c3ccncc3)c(Oc3ccc(F)cc3F)c2cc1OC. The van der Waals surface area contributed by atoms with Crippen LogP contribution in [0.4, 0.5) is 8.78 Å². The van der Waals surface area contributed by atoms with Crippen molar-refractivity contribution in [1.29, 1.82) is 0 Å². The van der Waals surface area contributed by atoms with Crippen LogP contribution in [-0.2, 0) is 4.79 Å². The number of pyridine rings is 1. The molecule has 0 bridgehead atoms. The van der Waals surface area contributed by atoms with E-state index in [0.29, 0.717) is 38.1 Å². The fourth-order valence-electron chi connectivity index (χ4n) is 3.22. The number of halogens is 2. The van der Waals surface area contributed by atoms with E-state index >= 15 is 0 Å². The number of hydrogen-bond donors (Lipinski definition) is 1. The van der Waals surface area contributed by atoms with Crippen LogP contribution in [0.3, 0.4) is 0 Å². The summed E-state index contributed by atoms with van der Waals surface area (Å²) in [6.07, 6.45) is 4.41. The second-order valence-corrected chi connectivity index (χ2v) is 7.86. The van der Waals surface area contributed by atoms with E-state index in [1.165, 1.54) is 50.1 Å². The van der Waals surface area contributed by atoms with Crippen LogP contribution in [0, 0.1) is 11.6 Å². The van der Waals surface area contributed by atoms with Gasteiger partial charge in [0.2, 0.25) is 0 Å². The Bertz CT molecular complexity index is 1370. The Morgan fingerprint density at radius 3 is 2.33 bits per heavy atom. The average Bonchev–Trinajstić information content (AvgIpc) is 3.14. The Kier molecular flexibility index (Phi) is 6.23.